The number of carbonyl (C=O) groups excluding carboxylic acids is 1. The second-order valence-corrected chi connectivity index (χ2v) is 9.86. The Kier molecular flexibility index (Phi) is 5.73. The van der Waals surface area contributed by atoms with E-state index in [1.54, 1.807) is 12.3 Å². The molecule has 160 valence electrons. The van der Waals surface area contributed by atoms with Gasteiger partial charge in [-0.1, -0.05) is 31.4 Å². The zero-order valence-electron chi connectivity index (χ0n) is 17.6. The third-order valence-corrected chi connectivity index (χ3v) is 7.60. The van der Waals surface area contributed by atoms with E-state index in [0.29, 0.717) is 17.9 Å². The predicted octanol–water partition coefficient (Wildman–Crippen LogP) is 5.25. The topological polar surface area (TPSA) is 77.8 Å². The van der Waals surface area contributed by atoms with E-state index in [-0.39, 0.29) is 16.8 Å². The lowest BCUT2D eigenvalue weighted by atomic mass is 9.76. The minimum absolute atomic E-state index is 0.0329. The molecule has 1 aliphatic heterocycles. The van der Waals surface area contributed by atoms with Crippen LogP contribution in [0.5, 0.6) is 0 Å². The molecule has 1 aromatic heterocycles. The standard InChI is InChI=1S/C24H29NO4S/c1-15-8-9-17(18-11-13-30-21(18)22(26)27)20(14-15)25-19(16-6-4-3-5-7-16)10-12-24(2,29)23(25)28/h8-9,11,13-14,16,19,29H,3-7,10,12H2,1-2H3,(H,26,27). The fourth-order valence-electron chi connectivity index (χ4n) is 5.08. The number of aromatic carboxylic acids is 1. The highest BCUT2D eigenvalue weighted by atomic mass is 32.1. The zero-order valence-corrected chi connectivity index (χ0v) is 18.4. The molecule has 5 nitrogen and oxygen atoms in total. The van der Waals surface area contributed by atoms with E-state index in [9.17, 15) is 19.8 Å². The molecule has 1 aliphatic carbocycles. The van der Waals surface area contributed by atoms with Gasteiger partial charge in [-0.05, 0) is 68.5 Å². The maximum absolute atomic E-state index is 13.5. The number of carbonyl (C=O) groups is 2. The van der Waals surface area contributed by atoms with E-state index in [1.807, 2.05) is 36.1 Å². The number of rotatable bonds is 4. The van der Waals surface area contributed by atoms with E-state index >= 15 is 0 Å². The lowest BCUT2D eigenvalue weighted by Gasteiger charge is -2.46. The molecule has 2 heterocycles. The molecule has 2 aromatic rings. The van der Waals surface area contributed by atoms with Gasteiger partial charge in [0.25, 0.3) is 5.91 Å². The highest BCUT2D eigenvalue weighted by Gasteiger charge is 2.46. The molecule has 2 atom stereocenters. The molecule has 0 spiro atoms. The number of hydrogen-bond donors (Lipinski definition) is 2. The van der Waals surface area contributed by atoms with Crippen LogP contribution in [-0.2, 0) is 4.79 Å². The Bertz CT molecular complexity index is 958. The molecule has 2 unspecified atom stereocenters. The van der Waals surface area contributed by atoms with Gasteiger partial charge in [0.15, 0.2) is 0 Å². The first-order valence-electron chi connectivity index (χ1n) is 10.8. The summed E-state index contributed by atoms with van der Waals surface area (Å²) in [5, 5.41) is 22.3. The summed E-state index contributed by atoms with van der Waals surface area (Å²) in [6, 6.07) is 7.67. The molecular weight excluding hydrogens is 398 g/mol. The number of hydrogen-bond acceptors (Lipinski definition) is 4. The number of thiophene rings is 1. The third-order valence-electron chi connectivity index (χ3n) is 6.69. The van der Waals surface area contributed by atoms with Crippen LogP contribution >= 0.6 is 11.3 Å². The van der Waals surface area contributed by atoms with Gasteiger partial charge in [-0.25, -0.2) is 4.79 Å². The van der Waals surface area contributed by atoms with E-state index in [2.05, 4.69) is 0 Å². The minimum atomic E-state index is -1.41. The quantitative estimate of drug-likeness (QED) is 0.699. The average Bonchev–Trinajstić information content (AvgIpc) is 3.20. The van der Waals surface area contributed by atoms with E-state index in [0.717, 1.165) is 36.1 Å². The molecule has 4 rings (SSSR count). The van der Waals surface area contributed by atoms with Crippen LogP contribution in [0.1, 0.15) is 67.1 Å². The van der Waals surface area contributed by atoms with Crippen LogP contribution in [0.15, 0.2) is 29.6 Å². The van der Waals surface area contributed by atoms with Gasteiger partial charge >= 0.3 is 5.97 Å². The third kappa shape index (κ3) is 3.79. The Balaban J connectivity index is 1.86. The van der Waals surface area contributed by atoms with E-state index in [4.69, 9.17) is 0 Å². The van der Waals surface area contributed by atoms with Crippen LogP contribution in [0, 0.1) is 12.8 Å². The summed E-state index contributed by atoms with van der Waals surface area (Å²) < 4.78 is 0. The summed E-state index contributed by atoms with van der Waals surface area (Å²) in [5.41, 5.74) is 1.68. The van der Waals surface area contributed by atoms with Gasteiger partial charge in [0, 0.05) is 17.2 Å². The minimum Gasteiger partial charge on any atom is -0.477 e. The largest absolute Gasteiger partial charge is 0.477 e. The maximum Gasteiger partial charge on any atom is 0.346 e. The van der Waals surface area contributed by atoms with Gasteiger partial charge in [0.2, 0.25) is 0 Å². The number of amides is 1. The highest BCUT2D eigenvalue weighted by molar-refractivity contribution is 7.12. The summed E-state index contributed by atoms with van der Waals surface area (Å²) >= 11 is 1.19. The first kappa shape index (κ1) is 21.1. The number of anilines is 1. The fraction of sp³-hybridized carbons (Fsp3) is 0.500. The van der Waals surface area contributed by atoms with Gasteiger partial charge in [0.05, 0.1) is 5.69 Å². The fourth-order valence-corrected chi connectivity index (χ4v) is 5.83. The van der Waals surface area contributed by atoms with Crippen LogP contribution in [0.4, 0.5) is 5.69 Å². The molecule has 6 heteroatoms. The van der Waals surface area contributed by atoms with Crippen molar-refractivity contribution in [1.82, 2.24) is 0 Å². The SMILES string of the molecule is Cc1ccc(-c2ccsc2C(=O)O)c(N2C(=O)C(C)(O)CCC2C2CCCCC2)c1. The summed E-state index contributed by atoms with van der Waals surface area (Å²) in [5.74, 6) is -0.829. The molecule has 2 aliphatic rings. The van der Waals surface area contributed by atoms with Gasteiger partial charge in [-0.3, -0.25) is 4.79 Å². The van der Waals surface area contributed by atoms with Crippen LogP contribution in [0.25, 0.3) is 11.1 Å². The Labute approximate surface area is 181 Å². The van der Waals surface area contributed by atoms with Crippen molar-refractivity contribution < 1.29 is 19.8 Å². The van der Waals surface area contributed by atoms with Crippen LogP contribution in [-0.4, -0.2) is 33.7 Å². The smallest absolute Gasteiger partial charge is 0.346 e. The number of aryl methyl sites for hydroxylation is 1. The van der Waals surface area contributed by atoms with Crippen molar-refractivity contribution in [2.75, 3.05) is 4.90 Å². The number of nitrogens with zero attached hydrogens (tertiary/aromatic N) is 1. The second kappa shape index (κ2) is 8.16. The Morgan fingerprint density at radius 1 is 1.13 bits per heavy atom. The zero-order chi connectivity index (χ0) is 21.5. The van der Waals surface area contributed by atoms with Crippen molar-refractivity contribution in [2.24, 2.45) is 5.92 Å². The summed E-state index contributed by atoms with van der Waals surface area (Å²) in [6.07, 6.45) is 6.99. The first-order valence-corrected chi connectivity index (χ1v) is 11.7. The van der Waals surface area contributed by atoms with E-state index in [1.165, 1.54) is 30.6 Å². The molecule has 0 bridgehead atoms. The number of benzene rings is 1. The van der Waals surface area contributed by atoms with Crippen molar-refractivity contribution >= 4 is 28.9 Å². The van der Waals surface area contributed by atoms with Gasteiger partial charge < -0.3 is 15.1 Å². The van der Waals surface area contributed by atoms with E-state index < -0.39 is 11.6 Å². The Hall–Kier alpha value is -2.18. The number of aliphatic hydroxyl groups is 1. The second-order valence-electron chi connectivity index (χ2n) is 8.94. The molecule has 0 radical (unpaired) electrons. The molecular formula is C24H29NO4S. The molecule has 2 fully saturated rings. The molecule has 1 amide bonds. The lowest BCUT2D eigenvalue weighted by molar-refractivity contribution is -0.139. The molecule has 2 N–H and O–H groups in total. The normalized spacial score (nSPS) is 25.5. The van der Waals surface area contributed by atoms with Crippen molar-refractivity contribution in [3.8, 4) is 11.1 Å². The van der Waals surface area contributed by atoms with Crippen molar-refractivity contribution in [3.05, 3.63) is 40.1 Å². The monoisotopic (exact) mass is 427 g/mol. The molecule has 1 saturated heterocycles. The number of carboxylic acid groups (broad SMARTS) is 1. The van der Waals surface area contributed by atoms with Crippen LogP contribution in [0.3, 0.4) is 0 Å². The van der Waals surface area contributed by atoms with Gasteiger partial charge in [-0.2, -0.15) is 0 Å². The Morgan fingerprint density at radius 3 is 2.57 bits per heavy atom. The average molecular weight is 428 g/mol. The van der Waals surface area contributed by atoms with Crippen LogP contribution in [0.2, 0.25) is 0 Å². The summed E-state index contributed by atoms with van der Waals surface area (Å²) in [4.78, 5) is 27.4. The summed E-state index contributed by atoms with van der Waals surface area (Å²) in [7, 11) is 0. The summed E-state index contributed by atoms with van der Waals surface area (Å²) in [6.45, 7) is 3.57. The van der Waals surface area contributed by atoms with Crippen molar-refractivity contribution in [3.63, 3.8) is 0 Å². The first-order chi connectivity index (χ1) is 14.3. The van der Waals surface area contributed by atoms with Crippen molar-refractivity contribution in [1.29, 1.82) is 0 Å². The van der Waals surface area contributed by atoms with Gasteiger partial charge in [0.1, 0.15) is 10.5 Å². The molecule has 30 heavy (non-hydrogen) atoms. The molecule has 1 saturated carbocycles. The number of piperidine rings is 1. The highest BCUT2D eigenvalue weighted by Crippen LogP contribution is 2.44. The predicted molar refractivity (Wildman–Crippen MR) is 119 cm³/mol. The lowest BCUT2D eigenvalue weighted by Crippen LogP contribution is -2.58. The number of carboxylic acids is 1. The maximum atomic E-state index is 13.5. The molecule has 1 aromatic carbocycles. The van der Waals surface area contributed by atoms with Crippen molar-refractivity contribution in [2.45, 2.75) is 70.4 Å². The van der Waals surface area contributed by atoms with Gasteiger partial charge in [-0.15, -0.1) is 11.3 Å². The van der Waals surface area contributed by atoms with Crippen LogP contribution < -0.4 is 4.90 Å². The Morgan fingerprint density at radius 2 is 1.87 bits per heavy atom.